The van der Waals surface area contributed by atoms with Gasteiger partial charge in [0.25, 0.3) is 0 Å². The van der Waals surface area contributed by atoms with E-state index in [2.05, 4.69) is 19.6 Å². The molecule has 1 N–H and O–H groups in total. The third-order valence-electron chi connectivity index (χ3n) is 11.6. The number of carbonyl (C=O) groups is 1. The zero-order valence-electron chi connectivity index (χ0n) is 39.0. The summed E-state index contributed by atoms with van der Waals surface area (Å²) in [6, 6.07) is 49.9. The summed E-state index contributed by atoms with van der Waals surface area (Å²) in [6.45, 7) is 9.80. The second kappa shape index (κ2) is 25.7. The van der Waals surface area contributed by atoms with Crippen LogP contribution in [0.15, 0.2) is 152 Å². The molecule has 0 bridgehead atoms. The first kappa shape index (κ1) is 50.3. The monoisotopic (exact) mass is 934 g/mol. The average Bonchev–Trinajstić information content (AvgIpc) is 3.33. The maximum absolute atomic E-state index is 12.9. The number of rotatable bonds is 24. The van der Waals surface area contributed by atoms with Crippen LogP contribution in [0.2, 0.25) is 25.7 Å². The van der Waals surface area contributed by atoms with Crippen molar-refractivity contribution in [1.29, 1.82) is 0 Å². The Hall–Kier alpha value is -4.61. The highest BCUT2D eigenvalue weighted by Gasteiger charge is 2.54. The second-order valence-corrected chi connectivity index (χ2v) is 23.8. The van der Waals surface area contributed by atoms with Gasteiger partial charge in [0.1, 0.15) is 42.7 Å². The van der Waals surface area contributed by atoms with Gasteiger partial charge in [0.15, 0.2) is 18.7 Å². The van der Waals surface area contributed by atoms with Gasteiger partial charge in [-0.1, -0.05) is 171 Å². The van der Waals surface area contributed by atoms with Gasteiger partial charge in [-0.15, -0.1) is 0 Å². The molecule has 0 aromatic heterocycles. The van der Waals surface area contributed by atoms with Crippen molar-refractivity contribution >= 4 is 14.0 Å². The van der Waals surface area contributed by atoms with Gasteiger partial charge in [0.2, 0.25) is 0 Å². The SMILES string of the molecule is CC(=O)O[C@H]1[C@@H](O)[C@@H](COCc2ccccc2)O[C@@H](O[C@H]2[C@H](OCc3ccccc3)[C@@H](OCc3ccccc3)[C@H](OCC[Si](C)(C)C)O[C@@H]2COCc2ccccc2)[C@@H]1OCc1ccccc1. The van der Waals surface area contributed by atoms with Gasteiger partial charge in [-0.25, -0.2) is 0 Å². The smallest absolute Gasteiger partial charge is 0.303 e. The molecule has 2 fully saturated rings. The molecule has 0 unspecified atom stereocenters. The Morgan fingerprint density at radius 3 is 1.31 bits per heavy atom. The lowest BCUT2D eigenvalue weighted by atomic mass is 9.96. The van der Waals surface area contributed by atoms with Crippen molar-refractivity contribution in [2.75, 3.05) is 19.8 Å². The molecule has 7 rings (SSSR count). The van der Waals surface area contributed by atoms with E-state index in [9.17, 15) is 9.90 Å². The summed E-state index contributed by atoms with van der Waals surface area (Å²) in [6.07, 6.45) is -10.2. The van der Waals surface area contributed by atoms with E-state index in [1.807, 2.05) is 152 Å². The van der Waals surface area contributed by atoms with Gasteiger partial charge in [-0.05, 0) is 33.9 Å². The molecular weight excluding hydrogens is 869 g/mol. The first-order valence-electron chi connectivity index (χ1n) is 23.2. The minimum absolute atomic E-state index is 0.0480. The Labute approximate surface area is 396 Å². The van der Waals surface area contributed by atoms with Gasteiger partial charge in [0.05, 0.1) is 46.2 Å². The van der Waals surface area contributed by atoms with Gasteiger partial charge in [-0.2, -0.15) is 0 Å². The van der Waals surface area contributed by atoms with Gasteiger partial charge in [0, 0.05) is 21.6 Å². The zero-order chi connectivity index (χ0) is 46.9. The number of ether oxygens (including phenoxy) is 10. The normalized spacial score (nSPS) is 25.4. The van der Waals surface area contributed by atoms with Gasteiger partial charge < -0.3 is 52.5 Å². The Morgan fingerprint density at radius 2 is 0.881 bits per heavy atom. The lowest BCUT2D eigenvalue weighted by Crippen LogP contribution is -2.66. The van der Waals surface area contributed by atoms with Gasteiger partial charge >= 0.3 is 5.97 Å². The van der Waals surface area contributed by atoms with E-state index < -0.39 is 75.5 Å². The van der Waals surface area contributed by atoms with E-state index in [0.717, 1.165) is 33.9 Å². The number of carbonyl (C=O) groups excluding carboxylic acids is 1. The van der Waals surface area contributed by atoms with Crippen LogP contribution in [0.4, 0.5) is 0 Å². The maximum Gasteiger partial charge on any atom is 0.303 e. The van der Waals surface area contributed by atoms with E-state index in [0.29, 0.717) is 13.2 Å². The van der Waals surface area contributed by atoms with E-state index in [1.165, 1.54) is 6.92 Å². The van der Waals surface area contributed by atoms with Crippen LogP contribution >= 0.6 is 0 Å². The van der Waals surface area contributed by atoms with Crippen LogP contribution in [0.1, 0.15) is 34.7 Å². The van der Waals surface area contributed by atoms with Crippen molar-refractivity contribution in [3.63, 3.8) is 0 Å². The van der Waals surface area contributed by atoms with E-state index in [4.69, 9.17) is 47.4 Å². The summed E-state index contributed by atoms with van der Waals surface area (Å²) >= 11 is 0. The lowest BCUT2D eigenvalue weighted by Gasteiger charge is -2.49. The molecule has 2 heterocycles. The molecule has 0 amide bonds. The molecule has 0 radical (unpaired) electrons. The summed E-state index contributed by atoms with van der Waals surface area (Å²) in [5.74, 6) is -0.605. The summed E-state index contributed by atoms with van der Waals surface area (Å²) < 4.78 is 66.7. The van der Waals surface area contributed by atoms with Crippen LogP contribution in [-0.2, 0) is 85.2 Å². The molecule has 2 aliphatic rings. The Balaban J connectivity index is 1.26. The minimum Gasteiger partial charge on any atom is -0.457 e. The molecule has 2 saturated heterocycles. The number of hydrogen-bond acceptors (Lipinski definition) is 12. The molecule has 10 atom stereocenters. The molecule has 2 aliphatic heterocycles. The Kier molecular flexibility index (Phi) is 19.3. The Bertz CT molecular complexity index is 2150. The largest absolute Gasteiger partial charge is 0.457 e. The van der Waals surface area contributed by atoms with E-state index in [-0.39, 0.29) is 39.6 Å². The van der Waals surface area contributed by atoms with Crippen LogP contribution in [0.5, 0.6) is 0 Å². The average molecular weight is 935 g/mol. The fourth-order valence-electron chi connectivity index (χ4n) is 7.99. The highest BCUT2D eigenvalue weighted by atomic mass is 28.3. The predicted octanol–water partition coefficient (Wildman–Crippen LogP) is 8.66. The number of aliphatic hydroxyl groups is 1. The molecule has 5 aromatic carbocycles. The molecule has 358 valence electrons. The molecule has 67 heavy (non-hydrogen) atoms. The van der Waals surface area contributed by atoms with Crippen molar-refractivity contribution in [2.24, 2.45) is 0 Å². The minimum atomic E-state index is -1.53. The van der Waals surface area contributed by atoms with Crippen molar-refractivity contribution < 1.29 is 57.3 Å². The van der Waals surface area contributed by atoms with Crippen LogP contribution in [-0.4, -0.2) is 100 Å². The molecule has 13 heteroatoms. The maximum atomic E-state index is 12.9. The second-order valence-electron chi connectivity index (χ2n) is 18.2. The number of aliphatic hydroxyl groups excluding tert-OH is 1. The third-order valence-corrected chi connectivity index (χ3v) is 13.3. The van der Waals surface area contributed by atoms with Crippen LogP contribution in [0.25, 0.3) is 0 Å². The van der Waals surface area contributed by atoms with Crippen molar-refractivity contribution in [3.8, 4) is 0 Å². The first-order chi connectivity index (χ1) is 32.6. The molecule has 12 nitrogen and oxygen atoms in total. The summed E-state index contributed by atoms with van der Waals surface area (Å²) in [5.41, 5.74) is 4.68. The van der Waals surface area contributed by atoms with Crippen molar-refractivity contribution in [3.05, 3.63) is 179 Å². The molecule has 0 saturated carbocycles. The summed E-state index contributed by atoms with van der Waals surface area (Å²) in [7, 11) is -1.53. The third kappa shape index (κ3) is 15.7. The fraction of sp³-hybridized carbons (Fsp3) is 0.426. The molecular formula is C54H66O12Si. The van der Waals surface area contributed by atoms with Crippen LogP contribution < -0.4 is 0 Å². The molecule has 0 spiro atoms. The number of esters is 1. The Morgan fingerprint density at radius 1 is 0.493 bits per heavy atom. The first-order valence-corrected chi connectivity index (χ1v) is 26.9. The fourth-order valence-corrected chi connectivity index (χ4v) is 8.72. The topological polar surface area (TPSA) is 130 Å². The van der Waals surface area contributed by atoms with E-state index in [1.54, 1.807) is 0 Å². The number of benzene rings is 5. The highest BCUT2D eigenvalue weighted by Crippen LogP contribution is 2.36. The van der Waals surface area contributed by atoms with Crippen molar-refractivity contribution in [1.82, 2.24) is 0 Å². The zero-order valence-corrected chi connectivity index (χ0v) is 40.0. The molecule has 5 aromatic rings. The predicted molar refractivity (Wildman–Crippen MR) is 255 cm³/mol. The summed E-state index contributed by atoms with van der Waals surface area (Å²) in [4.78, 5) is 12.9. The quantitative estimate of drug-likeness (QED) is 0.0470. The standard InChI is InChI=1S/C54H66O12Si/c1-39(55)63-49-47(56)45(37-57-32-40-20-10-5-11-21-40)64-54(51(49)61-35-43-26-16-8-17-27-43)66-48-46(38-58-33-41-22-12-6-13-23-41)65-53(59-30-31-67(2,3)4)52(62-36-44-28-18-9-19-29-44)50(48)60-34-42-24-14-7-15-25-42/h5-29,45-54,56H,30-38H2,1-4H3/t45-,46-,47+,48-,49+,50+,51-,52-,53-,54+/m1/s1. The van der Waals surface area contributed by atoms with Crippen LogP contribution in [0.3, 0.4) is 0 Å². The van der Waals surface area contributed by atoms with Crippen molar-refractivity contribution in [2.45, 2.75) is 127 Å². The van der Waals surface area contributed by atoms with E-state index >= 15 is 0 Å². The lowest BCUT2D eigenvalue weighted by molar-refractivity contribution is -0.373. The van der Waals surface area contributed by atoms with Gasteiger partial charge in [-0.3, -0.25) is 4.79 Å². The summed E-state index contributed by atoms with van der Waals surface area (Å²) in [5, 5.41) is 12.0. The highest BCUT2D eigenvalue weighted by molar-refractivity contribution is 6.76. The van der Waals surface area contributed by atoms with Crippen LogP contribution in [0, 0.1) is 0 Å². The molecule has 0 aliphatic carbocycles. The number of hydrogen-bond donors (Lipinski definition) is 1.